The second-order valence-electron chi connectivity index (χ2n) is 1.56. The van der Waals surface area contributed by atoms with Gasteiger partial charge >= 0.3 is 18.4 Å². The Labute approximate surface area is 61.0 Å². The maximum atomic E-state index is 10.6. The largest absolute Gasteiger partial charge is 0.513 e. The minimum atomic E-state index is -1.69. The Morgan fingerprint density at radius 2 is 1.91 bits per heavy atom. The van der Waals surface area contributed by atoms with Crippen molar-refractivity contribution in [2.45, 2.75) is 6.29 Å². The van der Waals surface area contributed by atoms with Crippen LogP contribution in [0.4, 0.5) is 4.79 Å². The molecule has 1 heterocycles. The Morgan fingerprint density at radius 3 is 2.36 bits per heavy atom. The molecule has 1 rings (SSSR count). The van der Waals surface area contributed by atoms with Crippen LogP contribution in [0.3, 0.4) is 0 Å². The van der Waals surface area contributed by atoms with Gasteiger partial charge in [-0.3, -0.25) is 0 Å². The lowest BCUT2D eigenvalue weighted by molar-refractivity contribution is -0.164. The molecule has 6 nitrogen and oxygen atoms in total. The van der Waals surface area contributed by atoms with Gasteiger partial charge in [0.15, 0.2) is 0 Å². The lowest BCUT2D eigenvalue weighted by Gasteiger charge is -2.05. The third-order valence-electron chi connectivity index (χ3n) is 0.840. The van der Waals surface area contributed by atoms with Gasteiger partial charge in [-0.15, -0.1) is 0 Å². The zero-order chi connectivity index (χ0) is 8.27. The third-order valence-corrected chi connectivity index (χ3v) is 0.840. The van der Waals surface area contributed by atoms with E-state index in [2.05, 4.69) is 14.2 Å². The first kappa shape index (κ1) is 7.39. The van der Waals surface area contributed by atoms with Crippen LogP contribution in [0, 0.1) is 0 Å². The number of rotatable bonds is 1. The van der Waals surface area contributed by atoms with E-state index in [1.807, 2.05) is 0 Å². The first-order valence-corrected chi connectivity index (χ1v) is 2.60. The summed E-state index contributed by atoms with van der Waals surface area (Å²) in [6.07, 6.45) is -0.734. The van der Waals surface area contributed by atoms with Crippen molar-refractivity contribution in [3.05, 3.63) is 12.5 Å². The monoisotopic (exact) mass is 160 g/mol. The predicted octanol–water partition coefficient (Wildman–Crippen LogP) is 0.0517. The topological polar surface area (TPSA) is 82.1 Å². The maximum absolute atomic E-state index is 10.6. The van der Waals surface area contributed by atoms with E-state index in [0.717, 1.165) is 12.5 Å². The molecule has 0 fully saturated rings. The minimum absolute atomic E-state index is 1.09. The van der Waals surface area contributed by atoms with Gasteiger partial charge in [-0.1, -0.05) is 0 Å². The van der Waals surface area contributed by atoms with Crippen LogP contribution in [0.5, 0.6) is 0 Å². The Kier molecular flexibility index (Phi) is 1.95. The molecule has 0 aromatic heterocycles. The molecule has 0 saturated carbocycles. The molecule has 0 spiro atoms. The van der Waals surface area contributed by atoms with Gasteiger partial charge in [-0.25, -0.2) is 9.59 Å². The van der Waals surface area contributed by atoms with Crippen molar-refractivity contribution >= 4 is 12.1 Å². The molecule has 1 aliphatic rings. The van der Waals surface area contributed by atoms with Crippen molar-refractivity contribution in [2.24, 2.45) is 0 Å². The first-order chi connectivity index (χ1) is 5.20. The van der Waals surface area contributed by atoms with Crippen LogP contribution in [0.2, 0.25) is 0 Å². The summed E-state index contributed by atoms with van der Waals surface area (Å²) in [5.74, 6) is -1.09. The second-order valence-corrected chi connectivity index (χ2v) is 1.56. The maximum Gasteiger partial charge on any atom is 0.513 e. The lowest BCUT2D eigenvalue weighted by atomic mass is 10.6. The van der Waals surface area contributed by atoms with Crippen LogP contribution in [-0.4, -0.2) is 23.5 Å². The smallest absolute Gasteiger partial charge is 0.450 e. The summed E-state index contributed by atoms with van der Waals surface area (Å²) in [7, 11) is 0. The van der Waals surface area contributed by atoms with Crippen molar-refractivity contribution in [1.29, 1.82) is 0 Å². The highest BCUT2D eigenvalue weighted by Crippen LogP contribution is 2.06. The molecule has 0 atom stereocenters. The molecular formula is C5H4O6. The normalized spacial score (nSPS) is 15.3. The molecule has 6 heteroatoms. The van der Waals surface area contributed by atoms with Gasteiger partial charge in [0, 0.05) is 0 Å². The summed E-state index contributed by atoms with van der Waals surface area (Å²) in [6, 6.07) is 0. The molecule has 1 N–H and O–H groups in total. The molecule has 0 radical (unpaired) electrons. The third kappa shape index (κ3) is 1.85. The lowest BCUT2D eigenvalue weighted by Crippen LogP contribution is -2.25. The van der Waals surface area contributed by atoms with Crippen molar-refractivity contribution in [3.63, 3.8) is 0 Å². The highest BCUT2D eigenvalue weighted by Gasteiger charge is 2.26. The van der Waals surface area contributed by atoms with Crippen LogP contribution >= 0.6 is 0 Å². The summed E-state index contributed by atoms with van der Waals surface area (Å²) in [5, 5.41) is 7.97. The predicted molar refractivity (Wildman–Crippen MR) is 29.2 cm³/mol. The number of carbonyl (C=O) groups excluding carboxylic acids is 1. The van der Waals surface area contributed by atoms with Crippen LogP contribution in [0.15, 0.2) is 12.5 Å². The summed E-state index contributed by atoms with van der Waals surface area (Å²) >= 11 is 0. The van der Waals surface area contributed by atoms with Gasteiger partial charge in [-0.2, -0.15) is 0 Å². The highest BCUT2D eigenvalue weighted by molar-refractivity contribution is 5.83. The van der Waals surface area contributed by atoms with E-state index in [4.69, 9.17) is 5.11 Å². The van der Waals surface area contributed by atoms with Crippen LogP contribution in [-0.2, 0) is 19.0 Å². The van der Waals surface area contributed by atoms with E-state index in [9.17, 15) is 9.59 Å². The molecule has 0 aliphatic carbocycles. The molecule has 0 aromatic carbocycles. The number of hydrogen-bond acceptors (Lipinski definition) is 5. The van der Waals surface area contributed by atoms with E-state index >= 15 is 0 Å². The molecule has 0 unspecified atom stereocenters. The zero-order valence-electron chi connectivity index (χ0n) is 5.22. The standard InChI is InChI=1S/C5H4O6/c6-3(11-5(7)8)4-9-1-2-10-4/h1-2,4H,(H,7,8). The average Bonchev–Trinajstić information content (AvgIpc) is 2.35. The number of carbonyl (C=O) groups is 2. The van der Waals surface area contributed by atoms with Crippen LogP contribution in [0.1, 0.15) is 0 Å². The van der Waals surface area contributed by atoms with Gasteiger partial charge in [0.2, 0.25) is 0 Å². The highest BCUT2D eigenvalue weighted by atomic mass is 16.8. The fourth-order valence-corrected chi connectivity index (χ4v) is 0.484. The van der Waals surface area contributed by atoms with Gasteiger partial charge in [-0.05, 0) is 0 Å². The van der Waals surface area contributed by atoms with Crippen LogP contribution in [0.25, 0.3) is 0 Å². The Morgan fingerprint density at radius 1 is 1.36 bits per heavy atom. The van der Waals surface area contributed by atoms with Crippen LogP contribution < -0.4 is 0 Å². The van der Waals surface area contributed by atoms with Gasteiger partial charge in [0.1, 0.15) is 12.5 Å². The van der Waals surface area contributed by atoms with E-state index in [1.165, 1.54) is 0 Å². The first-order valence-electron chi connectivity index (χ1n) is 2.60. The van der Waals surface area contributed by atoms with Crippen molar-refractivity contribution in [1.82, 2.24) is 0 Å². The Bertz CT molecular complexity index is 199. The fourth-order valence-electron chi connectivity index (χ4n) is 0.484. The van der Waals surface area contributed by atoms with E-state index < -0.39 is 18.4 Å². The number of ether oxygens (including phenoxy) is 3. The summed E-state index contributed by atoms with van der Waals surface area (Å²) in [5.41, 5.74) is 0. The van der Waals surface area contributed by atoms with Gasteiger partial charge < -0.3 is 19.3 Å². The molecular weight excluding hydrogens is 156 g/mol. The number of carboxylic acid groups (broad SMARTS) is 1. The van der Waals surface area contributed by atoms with Crippen molar-refractivity contribution in [2.75, 3.05) is 0 Å². The number of esters is 1. The Hall–Kier alpha value is -1.72. The van der Waals surface area contributed by atoms with E-state index in [0.29, 0.717) is 0 Å². The molecule has 60 valence electrons. The SMILES string of the molecule is O=C(O)OC(=O)C1OC=CO1. The molecule has 0 saturated heterocycles. The van der Waals surface area contributed by atoms with E-state index in [1.54, 1.807) is 0 Å². The Balaban J connectivity index is 2.36. The van der Waals surface area contributed by atoms with Crippen molar-refractivity contribution < 1.29 is 28.9 Å². The average molecular weight is 160 g/mol. The van der Waals surface area contributed by atoms with Gasteiger partial charge in [0.05, 0.1) is 0 Å². The van der Waals surface area contributed by atoms with Gasteiger partial charge in [0.25, 0.3) is 0 Å². The number of hydrogen-bond donors (Lipinski definition) is 1. The summed E-state index contributed by atoms with van der Waals surface area (Å²) in [6.45, 7) is 0. The molecule has 0 bridgehead atoms. The van der Waals surface area contributed by atoms with E-state index in [-0.39, 0.29) is 0 Å². The van der Waals surface area contributed by atoms with Crippen molar-refractivity contribution in [3.8, 4) is 0 Å². The molecule has 1 aliphatic heterocycles. The quantitative estimate of drug-likeness (QED) is 0.431. The molecule has 0 amide bonds. The summed E-state index contributed by atoms with van der Waals surface area (Å²) in [4.78, 5) is 20.4. The minimum Gasteiger partial charge on any atom is -0.450 e. The molecule has 0 aromatic rings. The zero-order valence-corrected chi connectivity index (χ0v) is 5.22. The molecule has 11 heavy (non-hydrogen) atoms. The fraction of sp³-hybridized carbons (Fsp3) is 0.200. The second kappa shape index (κ2) is 2.91. The summed E-state index contributed by atoms with van der Waals surface area (Å²) < 4.78 is 12.7.